The minimum atomic E-state index is 0.665. The molecule has 1 aromatic carbocycles. The van der Waals surface area contributed by atoms with Gasteiger partial charge in [-0.3, -0.25) is 4.99 Å². The zero-order chi connectivity index (χ0) is 15.4. The third-order valence-electron chi connectivity index (χ3n) is 5.18. The van der Waals surface area contributed by atoms with Crippen molar-refractivity contribution in [2.24, 2.45) is 16.8 Å². The van der Waals surface area contributed by atoms with E-state index in [0.717, 1.165) is 31.5 Å². The van der Waals surface area contributed by atoms with Crippen molar-refractivity contribution < 1.29 is 0 Å². The Balaban J connectivity index is 1.53. The van der Waals surface area contributed by atoms with E-state index in [2.05, 4.69) is 52.5 Å². The first-order chi connectivity index (χ1) is 10.8. The summed E-state index contributed by atoms with van der Waals surface area (Å²) >= 11 is 0. The maximum atomic E-state index is 4.49. The number of rotatable bonds is 4. The van der Waals surface area contributed by atoms with E-state index in [1.165, 1.54) is 31.2 Å². The van der Waals surface area contributed by atoms with E-state index < -0.39 is 0 Å². The second kappa shape index (κ2) is 7.17. The van der Waals surface area contributed by atoms with Crippen LogP contribution < -0.4 is 5.32 Å². The van der Waals surface area contributed by atoms with Gasteiger partial charge in [-0.05, 0) is 36.2 Å². The van der Waals surface area contributed by atoms with Crippen molar-refractivity contribution in [2.75, 3.05) is 26.7 Å². The van der Waals surface area contributed by atoms with Crippen LogP contribution in [0.5, 0.6) is 0 Å². The molecule has 22 heavy (non-hydrogen) atoms. The zero-order valence-electron chi connectivity index (χ0n) is 14.0. The fraction of sp³-hybridized carbons (Fsp3) is 0.632. The van der Waals surface area contributed by atoms with Gasteiger partial charge in [0, 0.05) is 26.7 Å². The van der Waals surface area contributed by atoms with Crippen molar-refractivity contribution in [2.45, 2.75) is 38.5 Å². The predicted molar refractivity (Wildman–Crippen MR) is 93.2 cm³/mol. The summed E-state index contributed by atoms with van der Waals surface area (Å²) in [4.78, 5) is 6.93. The van der Waals surface area contributed by atoms with Gasteiger partial charge in [0.25, 0.3) is 0 Å². The molecule has 0 spiro atoms. The molecule has 0 radical (unpaired) electrons. The molecule has 2 fully saturated rings. The minimum absolute atomic E-state index is 0.665. The summed E-state index contributed by atoms with van der Waals surface area (Å²) < 4.78 is 0. The Morgan fingerprint density at radius 2 is 2.00 bits per heavy atom. The number of aliphatic imine (C=N–C) groups is 1. The van der Waals surface area contributed by atoms with E-state index in [0.29, 0.717) is 11.8 Å². The first-order valence-electron chi connectivity index (χ1n) is 8.78. The minimum Gasteiger partial charge on any atom is -0.356 e. The molecule has 0 aromatic heterocycles. The summed E-state index contributed by atoms with van der Waals surface area (Å²) in [5, 5.41) is 3.56. The van der Waals surface area contributed by atoms with Crippen molar-refractivity contribution in [1.29, 1.82) is 0 Å². The molecule has 0 amide bonds. The van der Waals surface area contributed by atoms with Crippen LogP contribution in [0.4, 0.5) is 0 Å². The van der Waals surface area contributed by atoms with Gasteiger partial charge in [0.15, 0.2) is 5.96 Å². The number of nitrogens with one attached hydrogen (secondary N) is 1. The average Bonchev–Trinajstić information content (AvgIpc) is 3.37. The van der Waals surface area contributed by atoms with Crippen LogP contribution in [0.2, 0.25) is 0 Å². The lowest BCUT2D eigenvalue weighted by molar-refractivity contribution is 0.234. The molecule has 2 atom stereocenters. The first kappa shape index (κ1) is 15.4. The van der Waals surface area contributed by atoms with Crippen molar-refractivity contribution in [3.05, 3.63) is 35.9 Å². The van der Waals surface area contributed by atoms with Gasteiger partial charge < -0.3 is 10.2 Å². The third kappa shape index (κ3) is 3.82. The summed E-state index contributed by atoms with van der Waals surface area (Å²) in [7, 11) is 1.91. The van der Waals surface area contributed by atoms with Crippen LogP contribution in [-0.2, 0) is 0 Å². The lowest BCUT2D eigenvalue weighted by atomic mass is 9.82. The highest BCUT2D eigenvalue weighted by molar-refractivity contribution is 5.80. The number of nitrogens with zero attached hydrogens (tertiary/aromatic N) is 2. The van der Waals surface area contributed by atoms with Crippen LogP contribution in [0.15, 0.2) is 35.3 Å². The second-order valence-corrected chi connectivity index (χ2v) is 6.94. The lowest BCUT2D eigenvalue weighted by Crippen LogP contribution is -2.48. The highest BCUT2D eigenvalue weighted by Gasteiger charge is 2.28. The quantitative estimate of drug-likeness (QED) is 0.681. The molecule has 2 unspecified atom stereocenters. The van der Waals surface area contributed by atoms with Gasteiger partial charge in [-0.1, -0.05) is 50.1 Å². The van der Waals surface area contributed by atoms with Crippen LogP contribution in [0.1, 0.15) is 44.1 Å². The number of likely N-dealkylation sites (tertiary alicyclic amines) is 1. The number of benzene rings is 1. The van der Waals surface area contributed by atoms with Crippen molar-refractivity contribution in [3.63, 3.8) is 0 Å². The largest absolute Gasteiger partial charge is 0.356 e. The normalized spacial score (nSPS) is 26.1. The van der Waals surface area contributed by atoms with Gasteiger partial charge in [0.05, 0.1) is 0 Å². The molecule has 0 bridgehead atoms. The summed E-state index contributed by atoms with van der Waals surface area (Å²) in [6.45, 7) is 5.65. The van der Waals surface area contributed by atoms with Gasteiger partial charge >= 0.3 is 0 Å². The van der Waals surface area contributed by atoms with Crippen molar-refractivity contribution in [1.82, 2.24) is 10.2 Å². The average molecular weight is 299 g/mol. The van der Waals surface area contributed by atoms with Gasteiger partial charge in [-0.15, -0.1) is 0 Å². The Hall–Kier alpha value is -1.51. The second-order valence-electron chi connectivity index (χ2n) is 6.94. The zero-order valence-corrected chi connectivity index (χ0v) is 14.0. The molecule has 2 aliphatic rings. The smallest absolute Gasteiger partial charge is 0.193 e. The maximum absolute atomic E-state index is 4.49. The fourth-order valence-corrected chi connectivity index (χ4v) is 3.66. The Kier molecular flexibility index (Phi) is 5.01. The van der Waals surface area contributed by atoms with Crippen molar-refractivity contribution >= 4 is 5.96 Å². The molecule has 1 saturated heterocycles. The molecular weight excluding hydrogens is 270 g/mol. The summed E-state index contributed by atoms with van der Waals surface area (Å²) in [5.74, 6) is 3.42. The highest BCUT2D eigenvalue weighted by atomic mass is 15.3. The number of hydrogen-bond donors (Lipinski definition) is 1. The Morgan fingerprint density at radius 3 is 2.64 bits per heavy atom. The van der Waals surface area contributed by atoms with Crippen LogP contribution in [0, 0.1) is 11.8 Å². The molecule has 3 heteroatoms. The van der Waals surface area contributed by atoms with Crippen LogP contribution in [0.25, 0.3) is 0 Å². The van der Waals surface area contributed by atoms with E-state index >= 15 is 0 Å². The molecule has 3 rings (SSSR count). The van der Waals surface area contributed by atoms with E-state index in [-0.39, 0.29) is 0 Å². The summed E-state index contributed by atoms with van der Waals surface area (Å²) in [6, 6.07) is 11.0. The van der Waals surface area contributed by atoms with E-state index in [9.17, 15) is 0 Å². The molecule has 3 nitrogen and oxygen atoms in total. The van der Waals surface area contributed by atoms with Crippen LogP contribution in [-0.4, -0.2) is 37.5 Å². The standard InChI is InChI=1S/C19H29N3/c1-15-14-22(19(20-2)21-12-10-16-8-9-16)13-11-18(15)17-6-4-3-5-7-17/h3-7,15-16,18H,8-14H2,1-2H3,(H,20,21). The molecule has 1 aliphatic carbocycles. The molecular formula is C19H29N3. The summed E-state index contributed by atoms with van der Waals surface area (Å²) in [6.07, 6.45) is 5.38. The van der Waals surface area contributed by atoms with Gasteiger partial charge in [0.2, 0.25) is 0 Å². The Bertz CT molecular complexity index is 493. The molecule has 1 saturated carbocycles. The third-order valence-corrected chi connectivity index (χ3v) is 5.18. The Labute approximate surface area is 134 Å². The molecule has 1 N–H and O–H groups in total. The molecule has 1 aromatic rings. The van der Waals surface area contributed by atoms with Crippen LogP contribution in [0.3, 0.4) is 0 Å². The topological polar surface area (TPSA) is 27.6 Å². The number of guanidine groups is 1. The maximum Gasteiger partial charge on any atom is 0.193 e. The number of piperidine rings is 1. The number of hydrogen-bond acceptors (Lipinski definition) is 1. The SMILES string of the molecule is CN=C(NCCC1CC1)N1CCC(c2ccccc2)C(C)C1. The van der Waals surface area contributed by atoms with E-state index in [1.807, 2.05) is 7.05 Å². The molecule has 1 heterocycles. The summed E-state index contributed by atoms with van der Waals surface area (Å²) in [5.41, 5.74) is 1.49. The van der Waals surface area contributed by atoms with Gasteiger partial charge in [0.1, 0.15) is 0 Å². The fourth-order valence-electron chi connectivity index (χ4n) is 3.66. The first-order valence-corrected chi connectivity index (χ1v) is 8.78. The van der Waals surface area contributed by atoms with E-state index in [1.54, 1.807) is 0 Å². The van der Waals surface area contributed by atoms with E-state index in [4.69, 9.17) is 0 Å². The van der Waals surface area contributed by atoms with Gasteiger partial charge in [-0.25, -0.2) is 0 Å². The highest BCUT2D eigenvalue weighted by Crippen LogP contribution is 2.33. The lowest BCUT2D eigenvalue weighted by Gasteiger charge is -2.39. The Morgan fingerprint density at radius 1 is 1.23 bits per heavy atom. The monoisotopic (exact) mass is 299 g/mol. The molecule has 1 aliphatic heterocycles. The predicted octanol–water partition coefficient (Wildman–Crippen LogP) is 3.49. The van der Waals surface area contributed by atoms with Gasteiger partial charge in [-0.2, -0.15) is 0 Å². The van der Waals surface area contributed by atoms with Crippen molar-refractivity contribution in [3.8, 4) is 0 Å². The van der Waals surface area contributed by atoms with Crippen LogP contribution >= 0.6 is 0 Å². The molecule has 120 valence electrons.